The summed E-state index contributed by atoms with van der Waals surface area (Å²) >= 11 is 0. The summed E-state index contributed by atoms with van der Waals surface area (Å²) in [6.45, 7) is 5.07. The van der Waals surface area contributed by atoms with Gasteiger partial charge in [0.05, 0.1) is 11.3 Å². The van der Waals surface area contributed by atoms with Gasteiger partial charge in [0.2, 0.25) is 0 Å². The average Bonchev–Trinajstić information content (AvgIpc) is 2.50. The number of hydrogen-bond donors (Lipinski definition) is 0. The molecule has 1 saturated carbocycles. The van der Waals surface area contributed by atoms with Gasteiger partial charge in [0.1, 0.15) is 0 Å². The highest BCUT2D eigenvalue weighted by Gasteiger charge is 2.96. The van der Waals surface area contributed by atoms with Crippen molar-refractivity contribution in [3.8, 4) is 0 Å². The van der Waals surface area contributed by atoms with Crippen LogP contribution < -0.4 is 0 Å². The van der Waals surface area contributed by atoms with E-state index < -0.39 is 0 Å². The molecule has 4 fully saturated rings. The Morgan fingerprint density at radius 1 is 1.50 bits per heavy atom. The number of rotatable bonds is 0. The summed E-state index contributed by atoms with van der Waals surface area (Å²) in [4.78, 5) is 0. The van der Waals surface area contributed by atoms with E-state index >= 15 is 0 Å². The average molecular weight is 125 g/mol. The molecule has 1 aliphatic carbocycles. The fraction of sp³-hybridized carbons (Fsp3) is 1.00. The molecular formula is C6H11BP+. The Morgan fingerprint density at radius 3 is 2.25 bits per heavy atom. The van der Waals surface area contributed by atoms with Crippen LogP contribution in [0.3, 0.4) is 0 Å². The van der Waals surface area contributed by atoms with Crippen LogP contribution in [0.1, 0.15) is 0 Å². The van der Waals surface area contributed by atoms with Crippen molar-refractivity contribution in [1.29, 1.82) is 0 Å². The van der Waals surface area contributed by atoms with E-state index in [2.05, 4.69) is 13.5 Å². The fourth-order valence-corrected chi connectivity index (χ4v) is 8.84. The van der Waals surface area contributed by atoms with Crippen molar-refractivity contribution in [2.75, 3.05) is 6.66 Å². The van der Waals surface area contributed by atoms with Crippen LogP contribution in [-0.4, -0.2) is 24.4 Å². The second-order valence-electron chi connectivity index (χ2n) is 3.95. The number of hydrogen-bond acceptors (Lipinski definition) is 0. The van der Waals surface area contributed by atoms with Crippen molar-refractivity contribution in [3.05, 3.63) is 0 Å². The van der Waals surface area contributed by atoms with E-state index in [0.29, 0.717) is 0 Å². The summed E-state index contributed by atoms with van der Waals surface area (Å²) < 4.78 is 0. The van der Waals surface area contributed by atoms with Gasteiger partial charge in [-0.25, -0.2) is 0 Å². The van der Waals surface area contributed by atoms with E-state index in [1.165, 1.54) is 23.7 Å². The highest BCUT2D eigenvalue weighted by atomic mass is 31.2. The first-order valence-corrected chi connectivity index (χ1v) is 6.06. The van der Waals surface area contributed by atoms with Crippen molar-refractivity contribution in [2.45, 2.75) is 24.5 Å². The van der Waals surface area contributed by atoms with Crippen molar-refractivity contribution in [1.82, 2.24) is 0 Å². The zero-order valence-corrected chi connectivity index (χ0v) is 6.36. The molecule has 0 aromatic rings. The van der Waals surface area contributed by atoms with Crippen molar-refractivity contribution >= 4 is 13.6 Å². The van der Waals surface area contributed by atoms with Crippen molar-refractivity contribution in [3.63, 3.8) is 0 Å². The third-order valence-electron chi connectivity index (χ3n) is 3.84. The first-order chi connectivity index (χ1) is 3.76. The summed E-state index contributed by atoms with van der Waals surface area (Å²) in [6, 6.07) is 0. The Morgan fingerprint density at radius 2 is 2.12 bits per heavy atom. The van der Waals surface area contributed by atoms with Crippen LogP contribution in [0.4, 0.5) is 0 Å². The van der Waals surface area contributed by atoms with Gasteiger partial charge in [-0.3, -0.25) is 0 Å². The Bertz CT molecular complexity index is 158. The smallest absolute Gasteiger partial charge is 0.0453 e. The molecule has 8 heavy (non-hydrogen) atoms. The zero-order chi connectivity index (χ0) is 5.52. The van der Waals surface area contributed by atoms with E-state index in [1.807, 2.05) is 0 Å². The molecule has 0 radical (unpaired) electrons. The zero-order valence-electron chi connectivity index (χ0n) is 5.46. The van der Waals surface area contributed by atoms with Gasteiger partial charge in [0.25, 0.3) is 0 Å². The molecule has 3 saturated heterocycles. The Kier molecular flexibility index (Phi) is 0.451. The van der Waals surface area contributed by atoms with Crippen LogP contribution in [-0.2, 0) is 0 Å². The highest BCUT2D eigenvalue weighted by molar-refractivity contribution is 8.12. The molecule has 0 N–H and O–H groups in total. The molecule has 2 heteroatoms. The van der Waals surface area contributed by atoms with Gasteiger partial charge in [-0.1, -0.05) is 0 Å². The second-order valence-corrected chi connectivity index (χ2v) is 8.47. The van der Waals surface area contributed by atoms with Gasteiger partial charge in [0.15, 0.2) is 0 Å². The lowest BCUT2D eigenvalue weighted by Gasteiger charge is -2.01. The minimum absolute atomic E-state index is 0.157. The standard InChI is InChI=1S/C6H11BP/c1-7-3-4-5-6(4)8(5,7)2/h4-6H,3H2,1-2H3/q+1. The molecule has 3 aliphatic heterocycles. The Hall–Kier alpha value is 0.495. The molecule has 0 amide bonds. The van der Waals surface area contributed by atoms with Crippen LogP contribution in [0, 0.1) is 5.92 Å². The molecule has 4 aliphatic rings. The van der Waals surface area contributed by atoms with E-state index in [0.717, 1.165) is 0 Å². The molecule has 2 unspecified atom stereocenters. The van der Waals surface area contributed by atoms with E-state index in [-0.39, 0.29) is 7.14 Å². The normalized spacial score (nSPS) is 72.8. The lowest BCUT2D eigenvalue weighted by atomic mass is 9.74. The van der Waals surface area contributed by atoms with Gasteiger partial charge in [-0.05, 0) is 20.3 Å². The van der Waals surface area contributed by atoms with Gasteiger partial charge >= 0.3 is 6.43 Å². The molecule has 0 nitrogen and oxygen atoms in total. The first-order valence-electron chi connectivity index (χ1n) is 3.62. The minimum atomic E-state index is -0.157. The van der Waals surface area contributed by atoms with Crippen molar-refractivity contribution in [2.24, 2.45) is 5.92 Å². The van der Waals surface area contributed by atoms with E-state index in [1.54, 1.807) is 6.32 Å². The monoisotopic (exact) mass is 125 g/mol. The minimum Gasteiger partial charge on any atom is -0.0453 e. The van der Waals surface area contributed by atoms with Gasteiger partial charge in [0, 0.05) is 12.6 Å². The molecule has 0 spiro atoms. The lowest BCUT2D eigenvalue weighted by Crippen LogP contribution is -1.96. The third-order valence-corrected chi connectivity index (χ3v) is 9.59. The first kappa shape index (κ1) is 4.33. The summed E-state index contributed by atoms with van der Waals surface area (Å²) in [5.74, 6) is 1.27. The summed E-state index contributed by atoms with van der Waals surface area (Å²) in [7, 11) is -0.157. The summed E-state index contributed by atoms with van der Waals surface area (Å²) in [5, 5.41) is 0. The quantitative estimate of drug-likeness (QED) is 0.341. The fourth-order valence-electron chi connectivity index (χ4n) is 3.08. The van der Waals surface area contributed by atoms with Crippen molar-refractivity contribution < 1.29 is 0 Å². The Balaban J connectivity index is 2.09. The Labute approximate surface area is 51.4 Å². The van der Waals surface area contributed by atoms with E-state index in [9.17, 15) is 0 Å². The third kappa shape index (κ3) is 0.211. The van der Waals surface area contributed by atoms with Gasteiger partial charge < -0.3 is 0 Å². The van der Waals surface area contributed by atoms with Crippen LogP contribution >= 0.6 is 7.14 Å². The van der Waals surface area contributed by atoms with Crippen LogP contribution in [0.2, 0.25) is 13.1 Å². The second kappa shape index (κ2) is 0.832. The lowest BCUT2D eigenvalue weighted by molar-refractivity contribution is 0.967. The number of fused-ring (bicyclic) bond motifs is 1. The largest absolute Gasteiger partial charge is 0.339 e. The molecule has 0 aromatic heterocycles. The molecule has 4 rings (SSSR count). The molecule has 42 valence electrons. The van der Waals surface area contributed by atoms with Crippen LogP contribution in [0.15, 0.2) is 0 Å². The topological polar surface area (TPSA) is 0 Å². The molecule has 0 aromatic carbocycles. The molecule has 3 heterocycles. The molecular weight excluding hydrogens is 114 g/mol. The van der Waals surface area contributed by atoms with E-state index in [4.69, 9.17) is 0 Å². The maximum absolute atomic E-state index is 2.59. The molecule has 2 atom stereocenters. The maximum atomic E-state index is 2.59. The van der Waals surface area contributed by atoms with Gasteiger partial charge in [-0.15, -0.1) is 0 Å². The predicted molar refractivity (Wildman–Crippen MR) is 40.3 cm³/mol. The SMILES string of the molecule is CB1CC2C3C2[P+]13C. The maximum Gasteiger partial charge on any atom is 0.339 e. The molecule has 2 bridgehead atoms. The van der Waals surface area contributed by atoms with Crippen LogP contribution in [0.25, 0.3) is 0 Å². The van der Waals surface area contributed by atoms with Crippen LogP contribution in [0.5, 0.6) is 0 Å². The summed E-state index contributed by atoms with van der Waals surface area (Å²) in [6.07, 6.45) is 2.79. The summed E-state index contributed by atoms with van der Waals surface area (Å²) in [5.41, 5.74) is 2.66. The predicted octanol–water partition coefficient (Wildman–Crippen LogP) is 1.65. The highest BCUT2D eigenvalue weighted by Crippen LogP contribution is 3.04. The van der Waals surface area contributed by atoms with Gasteiger partial charge in [-0.2, -0.15) is 0 Å².